The lowest BCUT2D eigenvalue weighted by atomic mass is 10.4. The number of ether oxygens (including phenoxy) is 2. The Hall–Kier alpha value is -2.44. The molecule has 0 spiro atoms. The molecule has 2 aromatic heterocycles. The summed E-state index contributed by atoms with van der Waals surface area (Å²) in [4.78, 5) is 16.7. The fraction of sp³-hybridized carbons (Fsp3) is 0.333. The number of anilines is 1. The molecular formula is C12H15N5O2. The number of hydrogen-bond acceptors (Lipinski definition) is 7. The van der Waals surface area contributed by atoms with E-state index in [1.807, 2.05) is 6.92 Å². The summed E-state index contributed by atoms with van der Waals surface area (Å²) in [6.07, 6.45) is 3.42. The Balaban J connectivity index is 2.08. The summed E-state index contributed by atoms with van der Waals surface area (Å²) in [5, 5.41) is 3.05. The number of nitrogens with one attached hydrogen (secondary N) is 1. The molecule has 100 valence electrons. The van der Waals surface area contributed by atoms with Crippen molar-refractivity contribution in [1.29, 1.82) is 0 Å². The van der Waals surface area contributed by atoms with Gasteiger partial charge in [-0.05, 0) is 6.92 Å². The molecular weight excluding hydrogens is 246 g/mol. The van der Waals surface area contributed by atoms with E-state index in [0.717, 1.165) is 11.4 Å². The Morgan fingerprint density at radius 2 is 1.74 bits per heavy atom. The Morgan fingerprint density at radius 3 is 2.26 bits per heavy atom. The van der Waals surface area contributed by atoms with Crippen molar-refractivity contribution in [3.05, 3.63) is 29.8 Å². The summed E-state index contributed by atoms with van der Waals surface area (Å²) in [6.45, 7) is 2.36. The van der Waals surface area contributed by atoms with Crippen LogP contribution in [-0.4, -0.2) is 34.2 Å². The SMILES string of the molecule is COc1cc(OC)nc(NCc2cnc(C)cn2)n1. The summed E-state index contributed by atoms with van der Waals surface area (Å²) in [7, 11) is 3.08. The zero-order valence-electron chi connectivity index (χ0n) is 11.0. The van der Waals surface area contributed by atoms with Crippen molar-refractivity contribution >= 4 is 5.95 Å². The van der Waals surface area contributed by atoms with Crippen LogP contribution < -0.4 is 14.8 Å². The second kappa shape index (κ2) is 5.94. The van der Waals surface area contributed by atoms with Crippen molar-refractivity contribution in [2.24, 2.45) is 0 Å². The number of nitrogens with zero attached hydrogens (tertiary/aromatic N) is 4. The van der Waals surface area contributed by atoms with Crippen LogP contribution in [0.1, 0.15) is 11.4 Å². The molecule has 7 heteroatoms. The van der Waals surface area contributed by atoms with Gasteiger partial charge in [0.15, 0.2) is 0 Å². The quantitative estimate of drug-likeness (QED) is 0.866. The Bertz CT molecular complexity index is 522. The van der Waals surface area contributed by atoms with Gasteiger partial charge in [-0.1, -0.05) is 0 Å². The predicted octanol–water partition coefficient (Wildman–Crippen LogP) is 1.20. The van der Waals surface area contributed by atoms with Gasteiger partial charge in [0.1, 0.15) is 0 Å². The molecule has 2 rings (SSSR count). The molecule has 0 unspecified atom stereocenters. The van der Waals surface area contributed by atoms with Crippen molar-refractivity contribution in [3.8, 4) is 11.8 Å². The summed E-state index contributed by atoms with van der Waals surface area (Å²) in [5.74, 6) is 1.28. The van der Waals surface area contributed by atoms with Crippen molar-refractivity contribution in [1.82, 2.24) is 19.9 Å². The van der Waals surface area contributed by atoms with Gasteiger partial charge in [-0.15, -0.1) is 0 Å². The van der Waals surface area contributed by atoms with E-state index in [0.29, 0.717) is 24.3 Å². The van der Waals surface area contributed by atoms with E-state index in [1.54, 1.807) is 18.5 Å². The fourth-order valence-corrected chi connectivity index (χ4v) is 1.37. The highest BCUT2D eigenvalue weighted by Crippen LogP contribution is 2.17. The second-order valence-electron chi connectivity index (χ2n) is 3.78. The smallest absolute Gasteiger partial charge is 0.229 e. The van der Waals surface area contributed by atoms with E-state index in [1.165, 1.54) is 14.2 Å². The van der Waals surface area contributed by atoms with E-state index in [-0.39, 0.29) is 0 Å². The number of rotatable bonds is 5. The molecule has 19 heavy (non-hydrogen) atoms. The molecule has 0 fully saturated rings. The Morgan fingerprint density at radius 1 is 1.05 bits per heavy atom. The standard InChI is InChI=1S/C12H15N5O2/c1-8-5-14-9(6-13-8)7-15-12-16-10(18-2)4-11(17-12)19-3/h4-6H,7H2,1-3H3,(H,15,16,17). The van der Waals surface area contributed by atoms with Gasteiger partial charge >= 0.3 is 0 Å². The molecule has 2 aromatic rings. The molecule has 1 N–H and O–H groups in total. The van der Waals surface area contributed by atoms with Crippen LogP contribution in [0.5, 0.6) is 11.8 Å². The predicted molar refractivity (Wildman–Crippen MR) is 69.2 cm³/mol. The van der Waals surface area contributed by atoms with Crippen LogP contribution in [0.3, 0.4) is 0 Å². The first-order chi connectivity index (χ1) is 9.21. The summed E-state index contributed by atoms with van der Waals surface area (Å²) >= 11 is 0. The van der Waals surface area contributed by atoms with Crippen LogP contribution in [0.4, 0.5) is 5.95 Å². The lowest BCUT2D eigenvalue weighted by Crippen LogP contribution is -2.07. The third-order valence-electron chi connectivity index (χ3n) is 2.36. The average molecular weight is 261 g/mol. The zero-order valence-corrected chi connectivity index (χ0v) is 11.0. The molecule has 0 bridgehead atoms. The molecule has 0 aliphatic carbocycles. The van der Waals surface area contributed by atoms with E-state index >= 15 is 0 Å². The minimum absolute atomic E-state index is 0.415. The molecule has 0 aliphatic heterocycles. The van der Waals surface area contributed by atoms with Gasteiger partial charge in [-0.3, -0.25) is 9.97 Å². The zero-order chi connectivity index (χ0) is 13.7. The normalized spacial score (nSPS) is 10.1. The fourth-order valence-electron chi connectivity index (χ4n) is 1.37. The lowest BCUT2D eigenvalue weighted by molar-refractivity contribution is 0.373. The highest BCUT2D eigenvalue weighted by Gasteiger charge is 2.05. The van der Waals surface area contributed by atoms with Crippen LogP contribution in [0, 0.1) is 6.92 Å². The average Bonchev–Trinajstić information content (AvgIpc) is 2.46. The molecule has 0 amide bonds. The maximum Gasteiger partial charge on any atom is 0.229 e. The number of aryl methyl sites for hydroxylation is 1. The van der Waals surface area contributed by atoms with Gasteiger partial charge in [0.05, 0.1) is 44.4 Å². The molecule has 0 saturated heterocycles. The second-order valence-corrected chi connectivity index (χ2v) is 3.78. The van der Waals surface area contributed by atoms with Gasteiger partial charge in [-0.2, -0.15) is 9.97 Å². The molecule has 0 aromatic carbocycles. The Kier molecular flexibility index (Phi) is 4.07. The highest BCUT2D eigenvalue weighted by molar-refractivity contribution is 5.33. The molecule has 0 atom stereocenters. The minimum Gasteiger partial charge on any atom is -0.481 e. The number of methoxy groups -OCH3 is 2. The summed E-state index contributed by atoms with van der Waals surface area (Å²) < 4.78 is 10.1. The largest absolute Gasteiger partial charge is 0.481 e. The minimum atomic E-state index is 0.415. The lowest BCUT2D eigenvalue weighted by Gasteiger charge is -2.08. The van der Waals surface area contributed by atoms with Gasteiger partial charge in [-0.25, -0.2) is 0 Å². The van der Waals surface area contributed by atoms with E-state index in [4.69, 9.17) is 9.47 Å². The van der Waals surface area contributed by atoms with Crippen LogP contribution in [0.2, 0.25) is 0 Å². The first-order valence-corrected chi connectivity index (χ1v) is 5.69. The molecule has 0 radical (unpaired) electrons. The van der Waals surface area contributed by atoms with Crippen LogP contribution in [-0.2, 0) is 6.54 Å². The number of hydrogen-bond donors (Lipinski definition) is 1. The number of aromatic nitrogens is 4. The monoisotopic (exact) mass is 261 g/mol. The van der Waals surface area contributed by atoms with Gasteiger partial charge < -0.3 is 14.8 Å². The molecule has 2 heterocycles. The molecule has 7 nitrogen and oxygen atoms in total. The first-order valence-electron chi connectivity index (χ1n) is 5.69. The topological polar surface area (TPSA) is 82.0 Å². The van der Waals surface area contributed by atoms with E-state index in [9.17, 15) is 0 Å². The van der Waals surface area contributed by atoms with Crippen molar-refractivity contribution in [3.63, 3.8) is 0 Å². The molecule has 0 saturated carbocycles. The van der Waals surface area contributed by atoms with Crippen LogP contribution in [0.25, 0.3) is 0 Å². The van der Waals surface area contributed by atoms with E-state index in [2.05, 4.69) is 25.3 Å². The van der Waals surface area contributed by atoms with Crippen LogP contribution in [0.15, 0.2) is 18.5 Å². The molecule has 0 aliphatic rings. The van der Waals surface area contributed by atoms with Gasteiger partial charge in [0.2, 0.25) is 17.7 Å². The van der Waals surface area contributed by atoms with Crippen LogP contribution >= 0.6 is 0 Å². The Labute approximate surface area is 111 Å². The van der Waals surface area contributed by atoms with E-state index < -0.39 is 0 Å². The highest BCUT2D eigenvalue weighted by atomic mass is 16.5. The third kappa shape index (κ3) is 3.51. The summed E-state index contributed by atoms with van der Waals surface area (Å²) in [6, 6.07) is 1.61. The summed E-state index contributed by atoms with van der Waals surface area (Å²) in [5.41, 5.74) is 1.68. The van der Waals surface area contributed by atoms with Crippen molar-refractivity contribution in [2.75, 3.05) is 19.5 Å². The van der Waals surface area contributed by atoms with Crippen molar-refractivity contribution in [2.45, 2.75) is 13.5 Å². The first kappa shape index (κ1) is 13.0. The maximum atomic E-state index is 5.07. The third-order valence-corrected chi connectivity index (χ3v) is 2.36. The maximum absolute atomic E-state index is 5.07. The van der Waals surface area contributed by atoms with Gasteiger partial charge in [0.25, 0.3) is 0 Å². The van der Waals surface area contributed by atoms with Crippen molar-refractivity contribution < 1.29 is 9.47 Å². The van der Waals surface area contributed by atoms with Gasteiger partial charge in [0, 0.05) is 6.20 Å².